The summed E-state index contributed by atoms with van der Waals surface area (Å²) in [6.07, 6.45) is 7.23. The maximum absolute atomic E-state index is 12.5. The number of ether oxygens (including phenoxy) is 3. The van der Waals surface area contributed by atoms with Crippen molar-refractivity contribution in [2.24, 2.45) is 0 Å². The third-order valence-electron chi connectivity index (χ3n) is 5.02. The van der Waals surface area contributed by atoms with E-state index in [1.807, 2.05) is 47.0 Å². The Morgan fingerprint density at radius 3 is 2.63 bits per heavy atom. The fraction of sp³-hybridized carbons (Fsp3) is 0.217. The van der Waals surface area contributed by atoms with Crippen LogP contribution in [0.3, 0.4) is 0 Å². The molecule has 1 atom stereocenters. The van der Waals surface area contributed by atoms with E-state index in [1.54, 1.807) is 20.5 Å². The molecule has 1 amide bonds. The summed E-state index contributed by atoms with van der Waals surface area (Å²) in [5.41, 5.74) is 2.49. The van der Waals surface area contributed by atoms with Gasteiger partial charge in [-0.25, -0.2) is 4.98 Å². The lowest BCUT2D eigenvalue weighted by atomic mass is 9.90. The maximum atomic E-state index is 12.5. The second-order valence-electron chi connectivity index (χ2n) is 6.75. The third kappa shape index (κ3) is 3.55. The molecular formula is C23H21N3O4. The number of methoxy groups -OCH3 is 2. The number of imidazole rings is 1. The average Bonchev–Trinajstić information content (AvgIpc) is 3.20. The van der Waals surface area contributed by atoms with E-state index in [0.29, 0.717) is 29.5 Å². The minimum Gasteiger partial charge on any atom is -0.497 e. The summed E-state index contributed by atoms with van der Waals surface area (Å²) in [5, 5.41) is 2.95. The molecule has 0 saturated carbocycles. The molecule has 2 heterocycles. The normalized spacial score (nSPS) is 15.0. The Morgan fingerprint density at radius 1 is 1.17 bits per heavy atom. The van der Waals surface area contributed by atoms with E-state index in [4.69, 9.17) is 20.6 Å². The summed E-state index contributed by atoms with van der Waals surface area (Å²) in [6, 6.07) is 13.0. The van der Waals surface area contributed by atoms with Crippen LogP contribution in [0.2, 0.25) is 0 Å². The van der Waals surface area contributed by atoms with Crippen LogP contribution in [0, 0.1) is 12.3 Å². The van der Waals surface area contributed by atoms with Crippen molar-refractivity contribution >= 4 is 11.7 Å². The molecule has 7 nitrogen and oxygen atoms in total. The zero-order valence-electron chi connectivity index (χ0n) is 16.7. The van der Waals surface area contributed by atoms with Gasteiger partial charge < -0.3 is 19.5 Å². The predicted molar refractivity (Wildman–Crippen MR) is 113 cm³/mol. The predicted octanol–water partition coefficient (Wildman–Crippen LogP) is 3.38. The summed E-state index contributed by atoms with van der Waals surface area (Å²) in [4.78, 5) is 17.1. The number of hydrogen-bond acceptors (Lipinski definition) is 5. The van der Waals surface area contributed by atoms with E-state index in [1.165, 1.54) is 0 Å². The highest BCUT2D eigenvalue weighted by molar-refractivity contribution is 5.94. The molecule has 1 N–H and O–H groups in total. The number of nitrogens with zero attached hydrogens (tertiary/aromatic N) is 2. The van der Waals surface area contributed by atoms with Crippen molar-refractivity contribution < 1.29 is 19.0 Å². The summed E-state index contributed by atoms with van der Waals surface area (Å²) in [5.74, 6) is 4.81. The molecule has 152 valence electrons. The van der Waals surface area contributed by atoms with Gasteiger partial charge in [-0.15, -0.1) is 6.42 Å². The van der Waals surface area contributed by atoms with E-state index < -0.39 is 0 Å². The molecule has 0 spiro atoms. The van der Waals surface area contributed by atoms with Gasteiger partial charge in [0.15, 0.2) is 0 Å². The van der Waals surface area contributed by atoms with Crippen molar-refractivity contribution in [3.8, 4) is 35.3 Å². The molecular weight excluding hydrogens is 382 g/mol. The van der Waals surface area contributed by atoms with Gasteiger partial charge in [-0.2, -0.15) is 0 Å². The Hall–Kier alpha value is -3.92. The lowest BCUT2D eigenvalue weighted by Crippen LogP contribution is -2.25. The van der Waals surface area contributed by atoms with Crippen LogP contribution in [-0.4, -0.2) is 36.3 Å². The Morgan fingerprint density at radius 2 is 1.93 bits per heavy atom. The molecule has 0 radical (unpaired) electrons. The number of terminal acetylenes is 1. The van der Waals surface area contributed by atoms with Crippen molar-refractivity contribution in [1.82, 2.24) is 9.55 Å². The second kappa shape index (κ2) is 8.21. The molecule has 0 bridgehead atoms. The largest absolute Gasteiger partial charge is 0.497 e. The molecule has 3 aromatic rings. The molecule has 0 fully saturated rings. The first-order valence-electron chi connectivity index (χ1n) is 9.40. The van der Waals surface area contributed by atoms with E-state index in [2.05, 4.69) is 16.2 Å². The van der Waals surface area contributed by atoms with Crippen LogP contribution in [0.25, 0.3) is 5.69 Å². The van der Waals surface area contributed by atoms with E-state index >= 15 is 0 Å². The molecule has 0 saturated heterocycles. The van der Waals surface area contributed by atoms with Crippen molar-refractivity contribution in [3.05, 3.63) is 60.0 Å². The quantitative estimate of drug-likeness (QED) is 0.639. The highest BCUT2D eigenvalue weighted by Gasteiger charge is 2.31. The number of nitrogens with one attached hydrogen (secondary N) is 1. The number of amides is 1. The summed E-state index contributed by atoms with van der Waals surface area (Å²) in [7, 11) is 3.20. The standard InChI is InChI=1S/C23H21N3O4/c1-4-11-30-16-7-5-15(6-8-16)18-13-21(27)25-23-22(18)24-14-26(23)19-12-17(28-2)9-10-20(19)29-3/h1,5-10,12,14,18H,11,13H2,2-3H3,(H,25,27)/t18-/m0/s1. The number of benzene rings is 2. The molecule has 0 unspecified atom stereocenters. The highest BCUT2D eigenvalue weighted by atomic mass is 16.5. The Balaban J connectivity index is 1.74. The number of hydrogen-bond donors (Lipinski definition) is 1. The van der Waals surface area contributed by atoms with Crippen LogP contribution < -0.4 is 19.5 Å². The van der Waals surface area contributed by atoms with Gasteiger partial charge >= 0.3 is 0 Å². The SMILES string of the molecule is C#CCOc1ccc([C@@H]2CC(=O)Nc3c2ncn3-c2cc(OC)ccc2OC)cc1. The van der Waals surface area contributed by atoms with Gasteiger partial charge in [-0.3, -0.25) is 9.36 Å². The van der Waals surface area contributed by atoms with Gasteiger partial charge in [0.2, 0.25) is 5.91 Å². The first-order chi connectivity index (χ1) is 14.6. The lowest BCUT2D eigenvalue weighted by molar-refractivity contribution is -0.116. The summed E-state index contributed by atoms with van der Waals surface area (Å²) in [6.45, 7) is 0.210. The summed E-state index contributed by atoms with van der Waals surface area (Å²) >= 11 is 0. The van der Waals surface area contributed by atoms with Crippen molar-refractivity contribution in [2.45, 2.75) is 12.3 Å². The van der Waals surface area contributed by atoms with Crippen LogP contribution in [0.15, 0.2) is 48.8 Å². The zero-order chi connectivity index (χ0) is 21.1. The van der Waals surface area contributed by atoms with Crippen LogP contribution in [0.1, 0.15) is 23.6 Å². The van der Waals surface area contributed by atoms with Crippen molar-refractivity contribution in [1.29, 1.82) is 0 Å². The van der Waals surface area contributed by atoms with Gasteiger partial charge in [0, 0.05) is 18.4 Å². The van der Waals surface area contributed by atoms with Gasteiger partial charge in [0.1, 0.15) is 36.0 Å². The van der Waals surface area contributed by atoms with Gasteiger partial charge in [-0.05, 0) is 29.8 Å². The van der Waals surface area contributed by atoms with E-state index in [9.17, 15) is 4.79 Å². The summed E-state index contributed by atoms with van der Waals surface area (Å²) < 4.78 is 18.1. The first-order valence-corrected chi connectivity index (χ1v) is 9.40. The molecule has 4 rings (SSSR count). The first kappa shape index (κ1) is 19.4. The van der Waals surface area contributed by atoms with Crippen molar-refractivity contribution in [2.75, 3.05) is 26.1 Å². The van der Waals surface area contributed by atoms with Gasteiger partial charge in [0.25, 0.3) is 0 Å². The zero-order valence-corrected chi connectivity index (χ0v) is 16.7. The Kier molecular flexibility index (Phi) is 5.31. The molecule has 1 aliphatic rings. The average molecular weight is 403 g/mol. The number of anilines is 1. The van der Waals surface area contributed by atoms with E-state index in [0.717, 1.165) is 16.9 Å². The van der Waals surface area contributed by atoms with Gasteiger partial charge in [0.05, 0.1) is 25.6 Å². The minimum absolute atomic E-state index is 0.0798. The smallest absolute Gasteiger partial charge is 0.226 e. The molecule has 2 aromatic carbocycles. The van der Waals surface area contributed by atoms with Crippen molar-refractivity contribution in [3.63, 3.8) is 0 Å². The maximum Gasteiger partial charge on any atom is 0.226 e. The number of aromatic nitrogens is 2. The Bertz CT molecular complexity index is 1110. The number of rotatable bonds is 6. The molecule has 30 heavy (non-hydrogen) atoms. The number of fused-ring (bicyclic) bond motifs is 1. The number of carbonyl (C=O) groups is 1. The topological polar surface area (TPSA) is 74.6 Å². The minimum atomic E-state index is -0.173. The lowest BCUT2D eigenvalue weighted by Gasteiger charge is -2.24. The van der Waals surface area contributed by atoms with Crippen LogP contribution in [-0.2, 0) is 4.79 Å². The number of carbonyl (C=O) groups excluding carboxylic acids is 1. The molecule has 1 aliphatic heterocycles. The second-order valence-corrected chi connectivity index (χ2v) is 6.75. The highest BCUT2D eigenvalue weighted by Crippen LogP contribution is 2.39. The Labute approximate surface area is 174 Å². The van der Waals surface area contributed by atoms with Crippen LogP contribution >= 0.6 is 0 Å². The molecule has 7 heteroatoms. The third-order valence-corrected chi connectivity index (χ3v) is 5.02. The molecule has 0 aliphatic carbocycles. The van der Waals surface area contributed by atoms with Crippen LogP contribution in [0.5, 0.6) is 17.2 Å². The van der Waals surface area contributed by atoms with Gasteiger partial charge in [-0.1, -0.05) is 18.1 Å². The van der Waals surface area contributed by atoms with E-state index in [-0.39, 0.29) is 18.4 Å². The monoisotopic (exact) mass is 403 g/mol. The van der Waals surface area contributed by atoms with Crippen LogP contribution in [0.4, 0.5) is 5.82 Å². The molecule has 1 aromatic heterocycles. The fourth-order valence-corrected chi connectivity index (χ4v) is 3.57. The fourth-order valence-electron chi connectivity index (χ4n) is 3.57.